The number of rotatable bonds is 6. The Morgan fingerprint density at radius 1 is 0.944 bits per heavy atom. The van der Waals surface area contributed by atoms with Gasteiger partial charge in [-0.25, -0.2) is 13.5 Å². The van der Waals surface area contributed by atoms with Crippen molar-refractivity contribution in [3.8, 4) is 5.75 Å². The highest BCUT2D eigenvalue weighted by atomic mass is 79.9. The predicted molar refractivity (Wildman–Crippen MR) is 135 cm³/mol. The Morgan fingerprint density at radius 3 is 2.31 bits per heavy atom. The molecule has 1 heterocycles. The number of benzene rings is 3. The number of hydrogen-bond donors (Lipinski definition) is 4. The van der Waals surface area contributed by atoms with Crippen LogP contribution in [0.5, 0.6) is 5.75 Å². The molecule has 0 spiro atoms. The van der Waals surface area contributed by atoms with Crippen LogP contribution in [0.15, 0.2) is 80.9 Å². The summed E-state index contributed by atoms with van der Waals surface area (Å²) in [7, 11) is -2.83. The number of hydrazine groups is 1. The Labute approximate surface area is 213 Å². The highest BCUT2D eigenvalue weighted by molar-refractivity contribution is 9.10. The molecule has 1 aromatic heterocycles. The monoisotopic (exact) mass is 571 g/mol. The lowest BCUT2D eigenvalue weighted by atomic mass is 10.1. The topological polar surface area (TPSA) is 159 Å². The lowest BCUT2D eigenvalue weighted by molar-refractivity contribution is 0.0844. The number of ether oxygens (including phenoxy) is 1. The van der Waals surface area contributed by atoms with Crippen molar-refractivity contribution in [1.82, 2.24) is 21.0 Å². The first-order valence-corrected chi connectivity index (χ1v) is 12.5. The summed E-state index contributed by atoms with van der Waals surface area (Å²) < 4.78 is 34.4. The SMILES string of the molecule is COc1ccc(C(=O)NNC(=O)c2n[nH]c(=O)c3ccccc23)cc1S(=O)(=O)Nc1ccc(Br)cc1. The summed E-state index contributed by atoms with van der Waals surface area (Å²) in [4.78, 5) is 37.0. The fourth-order valence-corrected chi connectivity index (χ4v) is 4.81. The van der Waals surface area contributed by atoms with Gasteiger partial charge in [-0.3, -0.25) is 30.0 Å². The molecule has 184 valence electrons. The van der Waals surface area contributed by atoms with Crippen LogP contribution in [-0.2, 0) is 10.0 Å². The Kier molecular flexibility index (Phi) is 7.03. The van der Waals surface area contributed by atoms with Gasteiger partial charge < -0.3 is 4.74 Å². The molecule has 2 amide bonds. The van der Waals surface area contributed by atoms with Gasteiger partial charge in [0.2, 0.25) is 0 Å². The lowest BCUT2D eigenvalue weighted by Gasteiger charge is -2.13. The normalized spacial score (nSPS) is 11.1. The maximum atomic E-state index is 13.0. The number of amides is 2. The van der Waals surface area contributed by atoms with Gasteiger partial charge in [0.1, 0.15) is 10.6 Å². The smallest absolute Gasteiger partial charge is 0.290 e. The molecule has 4 rings (SSSR count). The first kappa shape index (κ1) is 24.9. The summed E-state index contributed by atoms with van der Waals surface area (Å²) in [5.41, 5.74) is 4.11. The maximum absolute atomic E-state index is 13.0. The van der Waals surface area contributed by atoms with Crippen molar-refractivity contribution < 1.29 is 22.7 Å². The molecule has 0 aliphatic carbocycles. The van der Waals surface area contributed by atoms with Gasteiger partial charge in [-0.2, -0.15) is 5.10 Å². The van der Waals surface area contributed by atoms with E-state index in [9.17, 15) is 22.8 Å². The number of hydrogen-bond acceptors (Lipinski definition) is 7. The number of methoxy groups -OCH3 is 1. The molecule has 0 aliphatic rings. The van der Waals surface area contributed by atoms with Crippen molar-refractivity contribution in [2.75, 3.05) is 11.8 Å². The quantitative estimate of drug-likeness (QED) is 0.259. The van der Waals surface area contributed by atoms with Crippen LogP contribution in [0.25, 0.3) is 10.8 Å². The number of halogens is 1. The molecule has 0 saturated carbocycles. The Hall–Kier alpha value is -4.23. The van der Waals surface area contributed by atoms with Gasteiger partial charge in [-0.1, -0.05) is 34.1 Å². The van der Waals surface area contributed by atoms with Crippen molar-refractivity contribution in [1.29, 1.82) is 0 Å². The maximum Gasteiger partial charge on any atom is 0.290 e. The van der Waals surface area contributed by atoms with E-state index >= 15 is 0 Å². The highest BCUT2D eigenvalue weighted by Gasteiger charge is 2.23. The van der Waals surface area contributed by atoms with Gasteiger partial charge in [0, 0.05) is 21.1 Å². The molecule has 36 heavy (non-hydrogen) atoms. The molecule has 11 nitrogen and oxygen atoms in total. The lowest BCUT2D eigenvalue weighted by Crippen LogP contribution is -2.42. The molecule has 0 bridgehead atoms. The molecule has 4 N–H and O–H groups in total. The number of nitrogens with zero attached hydrogens (tertiary/aromatic N) is 1. The zero-order chi connectivity index (χ0) is 25.9. The van der Waals surface area contributed by atoms with E-state index in [1.807, 2.05) is 0 Å². The number of aromatic nitrogens is 2. The predicted octanol–water partition coefficient (Wildman–Crippen LogP) is 2.57. The van der Waals surface area contributed by atoms with E-state index < -0.39 is 27.4 Å². The van der Waals surface area contributed by atoms with Crippen LogP contribution in [0, 0.1) is 0 Å². The molecular weight excluding hydrogens is 554 g/mol. The van der Waals surface area contributed by atoms with E-state index in [-0.39, 0.29) is 27.3 Å². The molecule has 13 heteroatoms. The van der Waals surface area contributed by atoms with E-state index in [0.717, 1.165) is 10.5 Å². The molecule has 0 atom stereocenters. The molecule has 0 unspecified atom stereocenters. The van der Waals surface area contributed by atoms with Crippen molar-refractivity contribution in [3.05, 3.63) is 92.8 Å². The minimum absolute atomic E-state index is 0.0177. The first-order valence-electron chi connectivity index (χ1n) is 10.2. The number of sulfonamides is 1. The fraction of sp³-hybridized carbons (Fsp3) is 0.0435. The summed E-state index contributed by atoms with van der Waals surface area (Å²) in [5.74, 6) is -1.56. The fourth-order valence-electron chi connectivity index (χ4n) is 3.29. The van der Waals surface area contributed by atoms with Crippen molar-refractivity contribution in [2.24, 2.45) is 0 Å². The molecular formula is C23H18BrN5O6S. The number of carbonyl (C=O) groups is 2. The summed E-state index contributed by atoms with van der Waals surface area (Å²) in [5, 5.41) is 6.55. The number of fused-ring (bicyclic) bond motifs is 1. The largest absolute Gasteiger partial charge is 0.495 e. The summed E-state index contributed by atoms with van der Waals surface area (Å²) in [6.45, 7) is 0. The van der Waals surface area contributed by atoms with E-state index in [1.54, 1.807) is 42.5 Å². The third-order valence-electron chi connectivity index (χ3n) is 5.01. The number of carbonyl (C=O) groups excluding carboxylic acids is 2. The van der Waals surface area contributed by atoms with E-state index in [2.05, 4.69) is 41.7 Å². The second kappa shape index (κ2) is 10.2. The van der Waals surface area contributed by atoms with Gasteiger partial charge in [0.25, 0.3) is 27.4 Å². The third kappa shape index (κ3) is 5.21. The molecule has 3 aromatic carbocycles. The average molecular weight is 572 g/mol. The Balaban J connectivity index is 1.55. The number of H-pyrrole nitrogens is 1. The van der Waals surface area contributed by atoms with Gasteiger partial charge in [-0.05, 0) is 48.5 Å². The van der Waals surface area contributed by atoms with E-state index in [4.69, 9.17) is 4.74 Å². The van der Waals surface area contributed by atoms with Crippen LogP contribution >= 0.6 is 15.9 Å². The summed E-state index contributed by atoms with van der Waals surface area (Å²) in [6, 6.07) is 16.6. The van der Waals surface area contributed by atoms with Crippen LogP contribution < -0.4 is 25.9 Å². The molecule has 0 saturated heterocycles. The molecule has 0 radical (unpaired) electrons. The first-order chi connectivity index (χ1) is 17.2. The second-order valence-electron chi connectivity index (χ2n) is 7.33. The minimum Gasteiger partial charge on any atom is -0.495 e. The van der Waals surface area contributed by atoms with Crippen molar-refractivity contribution in [2.45, 2.75) is 4.90 Å². The molecule has 4 aromatic rings. The standard InChI is InChI=1S/C23H18BrN5O6S/c1-35-18-11-6-13(12-19(18)36(33,34)29-15-9-7-14(24)8-10-15)21(30)26-28-23(32)20-16-4-2-3-5-17(16)22(31)27-25-20/h2-12,29H,1H3,(H,26,30)(H,27,31)(H,28,32). The zero-order valence-electron chi connectivity index (χ0n) is 18.5. The van der Waals surface area contributed by atoms with Crippen LogP contribution in [0.4, 0.5) is 5.69 Å². The number of nitrogens with one attached hydrogen (secondary N) is 4. The minimum atomic E-state index is -4.13. The Bertz CT molecular complexity index is 1640. The number of anilines is 1. The van der Waals surface area contributed by atoms with Crippen LogP contribution in [0.3, 0.4) is 0 Å². The van der Waals surface area contributed by atoms with Crippen molar-refractivity contribution >= 4 is 54.2 Å². The second-order valence-corrected chi connectivity index (χ2v) is 9.90. The van der Waals surface area contributed by atoms with Crippen LogP contribution in [-0.4, -0.2) is 37.5 Å². The average Bonchev–Trinajstić information content (AvgIpc) is 2.88. The van der Waals surface area contributed by atoms with Gasteiger partial charge >= 0.3 is 0 Å². The molecule has 0 fully saturated rings. The summed E-state index contributed by atoms with van der Waals surface area (Å²) >= 11 is 3.28. The van der Waals surface area contributed by atoms with Gasteiger partial charge in [0.05, 0.1) is 12.5 Å². The van der Waals surface area contributed by atoms with Gasteiger partial charge in [0.15, 0.2) is 5.69 Å². The highest BCUT2D eigenvalue weighted by Crippen LogP contribution is 2.27. The van der Waals surface area contributed by atoms with Crippen LogP contribution in [0.2, 0.25) is 0 Å². The van der Waals surface area contributed by atoms with Gasteiger partial charge in [-0.15, -0.1) is 0 Å². The number of aromatic amines is 1. The van der Waals surface area contributed by atoms with E-state index in [0.29, 0.717) is 11.1 Å². The zero-order valence-corrected chi connectivity index (χ0v) is 20.9. The van der Waals surface area contributed by atoms with Crippen molar-refractivity contribution in [3.63, 3.8) is 0 Å². The summed E-state index contributed by atoms with van der Waals surface area (Å²) in [6.07, 6.45) is 0. The van der Waals surface area contributed by atoms with Crippen LogP contribution in [0.1, 0.15) is 20.8 Å². The third-order valence-corrected chi connectivity index (χ3v) is 6.94. The molecule has 0 aliphatic heterocycles. The van der Waals surface area contributed by atoms with E-state index in [1.165, 1.54) is 25.3 Å². The Morgan fingerprint density at radius 2 is 1.61 bits per heavy atom.